The first kappa shape index (κ1) is 26.8. The largest absolute Gasteiger partial charge is 0.493 e. The van der Waals surface area contributed by atoms with Crippen LogP contribution in [-0.4, -0.2) is 54.0 Å². The van der Waals surface area contributed by atoms with Crippen molar-refractivity contribution < 1.29 is 19.0 Å². The van der Waals surface area contributed by atoms with E-state index < -0.39 is 0 Å². The Balaban J connectivity index is 1.44. The number of benzene rings is 2. The van der Waals surface area contributed by atoms with Gasteiger partial charge >= 0.3 is 0 Å². The first-order chi connectivity index (χ1) is 18.0. The SMILES string of the molecule is COc1cc(C=NNC(=O)CSc2nnc(-c3ccc(Cl)cc3)n2C2CCCCC2)cc(OC)c1OC. The van der Waals surface area contributed by atoms with Crippen molar-refractivity contribution in [3.63, 3.8) is 0 Å². The Bertz CT molecular complexity index is 1220. The number of carbonyl (C=O) groups excluding carboxylic acids is 1. The Morgan fingerprint density at radius 2 is 1.76 bits per heavy atom. The molecule has 1 saturated carbocycles. The summed E-state index contributed by atoms with van der Waals surface area (Å²) in [5.41, 5.74) is 4.21. The van der Waals surface area contributed by atoms with Crippen molar-refractivity contribution in [3.8, 4) is 28.6 Å². The van der Waals surface area contributed by atoms with Crippen molar-refractivity contribution in [2.75, 3.05) is 27.1 Å². The predicted octanol–water partition coefficient (Wildman–Crippen LogP) is 5.37. The normalized spacial score (nSPS) is 14.1. The monoisotopic (exact) mass is 543 g/mol. The maximum absolute atomic E-state index is 12.6. The zero-order valence-electron chi connectivity index (χ0n) is 21.1. The van der Waals surface area contributed by atoms with E-state index in [1.165, 1.54) is 37.2 Å². The van der Waals surface area contributed by atoms with Gasteiger partial charge in [-0.2, -0.15) is 5.10 Å². The fourth-order valence-electron chi connectivity index (χ4n) is 4.36. The molecule has 0 aliphatic heterocycles. The molecule has 0 bridgehead atoms. The number of methoxy groups -OCH3 is 3. The summed E-state index contributed by atoms with van der Waals surface area (Å²) in [6, 6.07) is 11.4. The highest BCUT2D eigenvalue weighted by molar-refractivity contribution is 7.99. The molecule has 11 heteroatoms. The van der Waals surface area contributed by atoms with Crippen LogP contribution in [0.25, 0.3) is 11.4 Å². The second-order valence-electron chi connectivity index (χ2n) is 8.52. The van der Waals surface area contributed by atoms with Gasteiger partial charge in [0.05, 0.1) is 33.3 Å². The third-order valence-corrected chi connectivity index (χ3v) is 7.32. The molecule has 1 fully saturated rings. The van der Waals surface area contributed by atoms with Gasteiger partial charge < -0.3 is 14.2 Å². The fraction of sp³-hybridized carbons (Fsp3) is 0.385. The van der Waals surface area contributed by atoms with Crippen LogP contribution in [0.1, 0.15) is 43.7 Å². The Labute approximate surface area is 225 Å². The third-order valence-electron chi connectivity index (χ3n) is 6.13. The highest BCUT2D eigenvalue weighted by Crippen LogP contribution is 2.38. The molecule has 0 radical (unpaired) electrons. The molecule has 0 unspecified atom stereocenters. The number of halogens is 1. The molecular weight excluding hydrogens is 514 g/mol. The number of ether oxygens (including phenoxy) is 3. The van der Waals surface area contributed by atoms with E-state index in [-0.39, 0.29) is 11.7 Å². The van der Waals surface area contributed by atoms with Crippen LogP contribution in [-0.2, 0) is 4.79 Å². The first-order valence-electron chi connectivity index (χ1n) is 12.0. The minimum atomic E-state index is -0.250. The van der Waals surface area contributed by atoms with E-state index >= 15 is 0 Å². The molecule has 0 spiro atoms. The summed E-state index contributed by atoms with van der Waals surface area (Å²) in [6.07, 6.45) is 7.24. The average molecular weight is 544 g/mol. The van der Waals surface area contributed by atoms with Crippen molar-refractivity contribution in [1.82, 2.24) is 20.2 Å². The Morgan fingerprint density at radius 3 is 2.38 bits per heavy atom. The van der Waals surface area contributed by atoms with Gasteiger partial charge in [-0.3, -0.25) is 9.36 Å². The third kappa shape index (κ3) is 6.56. The van der Waals surface area contributed by atoms with Crippen molar-refractivity contribution in [3.05, 3.63) is 47.0 Å². The minimum absolute atomic E-state index is 0.151. The number of rotatable bonds is 10. The van der Waals surface area contributed by atoms with Crippen LogP contribution in [0.5, 0.6) is 17.2 Å². The highest BCUT2D eigenvalue weighted by Gasteiger charge is 2.24. The van der Waals surface area contributed by atoms with Crippen LogP contribution < -0.4 is 19.6 Å². The van der Waals surface area contributed by atoms with Gasteiger partial charge in [-0.25, -0.2) is 5.43 Å². The summed E-state index contributed by atoms with van der Waals surface area (Å²) in [6.45, 7) is 0. The van der Waals surface area contributed by atoms with E-state index in [1.54, 1.807) is 33.5 Å². The standard InChI is InChI=1S/C26H30ClN5O4S/c1-34-21-13-17(14-22(35-2)24(21)36-3)15-28-29-23(33)16-37-26-31-30-25(18-9-11-19(27)12-10-18)32(26)20-7-5-4-6-8-20/h9-15,20H,4-8,16H2,1-3H3,(H,29,33). The quantitative estimate of drug-likeness (QED) is 0.208. The van der Waals surface area contributed by atoms with Gasteiger partial charge in [-0.05, 0) is 49.2 Å². The van der Waals surface area contributed by atoms with Crippen molar-refractivity contribution in [2.45, 2.75) is 43.3 Å². The van der Waals surface area contributed by atoms with Gasteiger partial charge in [0.1, 0.15) is 0 Å². The summed E-state index contributed by atoms with van der Waals surface area (Å²) in [5.74, 6) is 2.19. The molecular formula is C26H30ClN5O4S. The predicted molar refractivity (Wildman–Crippen MR) is 145 cm³/mol. The van der Waals surface area contributed by atoms with E-state index in [4.69, 9.17) is 25.8 Å². The van der Waals surface area contributed by atoms with Gasteiger partial charge in [0, 0.05) is 22.2 Å². The highest BCUT2D eigenvalue weighted by atomic mass is 35.5. The molecule has 4 rings (SSSR count). The van der Waals surface area contributed by atoms with Gasteiger partial charge in [-0.15, -0.1) is 10.2 Å². The molecule has 1 N–H and O–H groups in total. The Kier molecular flexibility index (Phi) is 9.29. The molecule has 0 saturated heterocycles. The molecule has 2 aromatic carbocycles. The molecule has 1 heterocycles. The maximum Gasteiger partial charge on any atom is 0.250 e. The van der Waals surface area contributed by atoms with Crippen molar-refractivity contribution in [1.29, 1.82) is 0 Å². The summed E-state index contributed by atoms with van der Waals surface area (Å²) in [7, 11) is 4.63. The zero-order valence-corrected chi connectivity index (χ0v) is 22.6. The number of amides is 1. The van der Waals surface area contributed by atoms with Crippen LogP contribution in [0.15, 0.2) is 46.7 Å². The number of nitrogens with one attached hydrogen (secondary N) is 1. The molecule has 1 amide bonds. The van der Waals surface area contributed by atoms with Gasteiger partial charge in [-0.1, -0.05) is 42.6 Å². The molecule has 3 aromatic rings. The number of hydrogen-bond acceptors (Lipinski definition) is 8. The van der Waals surface area contributed by atoms with Crippen LogP contribution in [0.4, 0.5) is 0 Å². The smallest absolute Gasteiger partial charge is 0.250 e. The molecule has 37 heavy (non-hydrogen) atoms. The number of thioether (sulfide) groups is 1. The summed E-state index contributed by atoms with van der Waals surface area (Å²) < 4.78 is 18.2. The lowest BCUT2D eigenvalue weighted by atomic mass is 9.95. The van der Waals surface area contributed by atoms with Gasteiger partial charge in [0.2, 0.25) is 5.75 Å². The summed E-state index contributed by atoms with van der Waals surface area (Å²) >= 11 is 7.43. The van der Waals surface area contributed by atoms with E-state index in [2.05, 4.69) is 25.3 Å². The summed E-state index contributed by atoms with van der Waals surface area (Å²) in [5, 5.41) is 14.4. The average Bonchev–Trinajstić information content (AvgIpc) is 3.36. The van der Waals surface area contributed by atoms with Gasteiger partial charge in [0.25, 0.3) is 5.91 Å². The lowest BCUT2D eigenvalue weighted by Gasteiger charge is -2.25. The van der Waals surface area contributed by atoms with Crippen LogP contribution in [0.2, 0.25) is 5.02 Å². The second kappa shape index (κ2) is 12.8. The number of nitrogens with zero attached hydrogens (tertiary/aromatic N) is 4. The van der Waals surface area contributed by atoms with E-state index in [9.17, 15) is 4.79 Å². The van der Waals surface area contributed by atoms with Crippen LogP contribution in [0.3, 0.4) is 0 Å². The van der Waals surface area contributed by atoms with E-state index in [0.29, 0.717) is 33.9 Å². The molecule has 1 aliphatic rings. The van der Waals surface area contributed by atoms with Gasteiger partial charge in [0.15, 0.2) is 22.5 Å². The molecule has 196 valence electrons. The summed E-state index contributed by atoms with van der Waals surface area (Å²) in [4.78, 5) is 12.6. The second-order valence-corrected chi connectivity index (χ2v) is 9.89. The molecule has 1 aliphatic carbocycles. The Hall–Kier alpha value is -3.24. The first-order valence-corrected chi connectivity index (χ1v) is 13.4. The molecule has 9 nitrogen and oxygen atoms in total. The Morgan fingerprint density at radius 1 is 1.08 bits per heavy atom. The number of hydrogen-bond donors (Lipinski definition) is 1. The number of aromatic nitrogens is 3. The van der Waals surface area contributed by atoms with Crippen LogP contribution in [0, 0.1) is 0 Å². The molecule has 0 atom stereocenters. The zero-order chi connectivity index (χ0) is 26.2. The minimum Gasteiger partial charge on any atom is -0.493 e. The lowest BCUT2D eigenvalue weighted by molar-refractivity contribution is -0.118. The molecule has 1 aromatic heterocycles. The van der Waals surface area contributed by atoms with E-state index in [0.717, 1.165) is 29.4 Å². The number of hydrazone groups is 1. The van der Waals surface area contributed by atoms with Crippen molar-refractivity contribution in [2.24, 2.45) is 5.10 Å². The maximum atomic E-state index is 12.6. The fourth-order valence-corrected chi connectivity index (χ4v) is 5.28. The lowest BCUT2D eigenvalue weighted by Crippen LogP contribution is -2.20. The number of carbonyl (C=O) groups is 1. The van der Waals surface area contributed by atoms with E-state index in [1.807, 2.05) is 24.3 Å². The van der Waals surface area contributed by atoms with Crippen LogP contribution >= 0.6 is 23.4 Å². The topological polar surface area (TPSA) is 99.9 Å². The van der Waals surface area contributed by atoms with Crippen molar-refractivity contribution >= 4 is 35.5 Å².